The third kappa shape index (κ3) is 4.08. The maximum absolute atomic E-state index is 4.52. The maximum Gasteiger partial charge on any atom is 0.135 e. The van der Waals surface area contributed by atoms with Crippen molar-refractivity contribution >= 4 is 11.6 Å². The van der Waals surface area contributed by atoms with Gasteiger partial charge in [-0.2, -0.15) is 0 Å². The Balaban J connectivity index is 2.18. The minimum atomic E-state index is 0.405. The van der Waals surface area contributed by atoms with Crippen LogP contribution in [0.25, 0.3) is 0 Å². The lowest BCUT2D eigenvalue weighted by molar-refractivity contribution is 0.378. The first-order valence-corrected chi connectivity index (χ1v) is 8.28. The van der Waals surface area contributed by atoms with Crippen LogP contribution in [0.3, 0.4) is 0 Å². The highest BCUT2D eigenvalue weighted by atomic mass is 15.1. The predicted molar refractivity (Wildman–Crippen MR) is 89.9 cm³/mol. The lowest BCUT2D eigenvalue weighted by Gasteiger charge is -2.22. The standard InChI is InChI=1S/C17H30N4/c1-6-9-18-15-14(12(2)3)16(20-11-19-15)21-13-7-8-17(4,5)10-13/h11-13H,6-10H2,1-5H3,(H2,18,19,20,21). The summed E-state index contributed by atoms with van der Waals surface area (Å²) in [5.74, 6) is 2.41. The monoisotopic (exact) mass is 290 g/mol. The molecular formula is C17H30N4. The van der Waals surface area contributed by atoms with Crippen LogP contribution >= 0.6 is 0 Å². The summed E-state index contributed by atoms with van der Waals surface area (Å²) >= 11 is 0. The maximum atomic E-state index is 4.52. The number of nitrogens with zero attached hydrogens (tertiary/aromatic N) is 2. The van der Waals surface area contributed by atoms with Gasteiger partial charge in [0.1, 0.15) is 18.0 Å². The third-order valence-electron chi connectivity index (χ3n) is 4.31. The molecule has 21 heavy (non-hydrogen) atoms. The highest BCUT2D eigenvalue weighted by Crippen LogP contribution is 2.39. The first kappa shape index (κ1) is 16.1. The Kier molecular flexibility index (Phi) is 5.07. The summed E-state index contributed by atoms with van der Waals surface area (Å²) in [7, 11) is 0. The van der Waals surface area contributed by atoms with Crippen molar-refractivity contribution in [1.82, 2.24) is 9.97 Å². The van der Waals surface area contributed by atoms with Gasteiger partial charge in [-0.25, -0.2) is 9.97 Å². The molecular weight excluding hydrogens is 260 g/mol. The van der Waals surface area contributed by atoms with Crippen molar-refractivity contribution in [3.05, 3.63) is 11.9 Å². The second kappa shape index (κ2) is 6.63. The van der Waals surface area contributed by atoms with Gasteiger partial charge in [-0.3, -0.25) is 0 Å². The molecule has 1 unspecified atom stereocenters. The molecule has 0 bridgehead atoms. The van der Waals surface area contributed by atoms with E-state index in [1.54, 1.807) is 6.33 Å². The van der Waals surface area contributed by atoms with Gasteiger partial charge in [0, 0.05) is 18.2 Å². The second-order valence-corrected chi connectivity index (χ2v) is 7.31. The summed E-state index contributed by atoms with van der Waals surface area (Å²) in [5.41, 5.74) is 1.67. The summed E-state index contributed by atoms with van der Waals surface area (Å²) in [6.45, 7) is 12.2. The van der Waals surface area contributed by atoms with E-state index < -0.39 is 0 Å². The van der Waals surface area contributed by atoms with E-state index in [1.807, 2.05) is 0 Å². The normalized spacial score (nSPS) is 20.8. The lowest BCUT2D eigenvalue weighted by atomic mass is 9.92. The van der Waals surface area contributed by atoms with Crippen LogP contribution < -0.4 is 10.6 Å². The lowest BCUT2D eigenvalue weighted by Crippen LogP contribution is -2.20. The van der Waals surface area contributed by atoms with E-state index in [4.69, 9.17) is 0 Å². The molecule has 1 aliphatic rings. The van der Waals surface area contributed by atoms with Gasteiger partial charge in [0.15, 0.2) is 0 Å². The van der Waals surface area contributed by atoms with E-state index in [0.717, 1.165) is 24.6 Å². The van der Waals surface area contributed by atoms with Gasteiger partial charge < -0.3 is 10.6 Å². The molecule has 0 aromatic carbocycles. The first-order valence-electron chi connectivity index (χ1n) is 8.28. The molecule has 4 nitrogen and oxygen atoms in total. The quantitative estimate of drug-likeness (QED) is 0.814. The number of anilines is 2. The Morgan fingerprint density at radius 3 is 2.57 bits per heavy atom. The predicted octanol–water partition coefficient (Wildman–Crippen LogP) is 4.41. The van der Waals surface area contributed by atoms with Crippen molar-refractivity contribution in [2.45, 2.75) is 72.3 Å². The Morgan fingerprint density at radius 1 is 1.29 bits per heavy atom. The fourth-order valence-corrected chi connectivity index (χ4v) is 3.19. The van der Waals surface area contributed by atoms with Gasteiger partial charge in [-0.1, -0.05) is 34.6 Å². The van der Waals surface area contributed by atoms with E-state index in [0.29, 0.717) is 17.4 Å². The minimum absolute atomic E-state index is 0.405. The molecule has 1 atom stereocenters. The Hall–Kier alpha value is -1.32. The van der Waals surface area contributed by atoms with Crippen LogP contribution in [-0.4, -0.2) is 22.6 Å². The van der Waals surface area contributed by atoms with E-state index in [1.165, 1.54) is 24.8 Å². The van der Waals surface area contributed by atoms with E-state index >= 15 is 0 Å². The molecule has 118 valence electrons. The molecule has 4 heteroatoms. The second-order valence-electron chi connectivity index (χ2n) is 7.31. The number of hydrogen-bond acceptors (Lipinski definition) is 4. The third-order valence-corrected chi connectivity index (χ3v) is 4.31. The Labute approximate surface area is 129 Å². The van der Waals surface area contributed by atoms with Crippen LogP contribution in [0.15, 0.2) is 6.33 Å². The van der Waals surface area contributed by atoms with Crippen molar-refractivity contribution in [3.8, 4) is 0 Å². The van der Waals surface area contributed by atoms with Gasteiger partial charge in [0.25, 0.3) is 0 Å². The zero-order valence-corrected chi connectivity index (χ0v) is 14.2. The zero-order chi connectivity index (χ0) is 15.5. The molecule has 1 heterocycles. The molecule has 0 saturated heterocycles. The average molecular weight is 290 g/mol. The summed E-state index contributed by atoms with van der Waals surface area (Å²) in [6, 6.07) is 0.534. The first-order chi connectivity index (χ1) is 9.93. The molecule has 0 spiro atoms. The van der Waals surface area contributed by atoms with Crippen LogP contribution in [0, 0.1) is 5.41 Å². The van der Waals surface area contributed by atoms with Gasteiger partial charge in [0.05, 0.1) is 0 Å². The van der Waals surface area contributed by atoms with Crippen molar-refractivity contribution < 1.29 is 0 Å². The zero-order valence-electron chi connectivity index (χ0n) is 14.2. The van der Waals surface area contributed by atoms with Crippen LogP contribution in [-0.2, 0) is 0 Å². The van der Waals surface area contributed by atoms with E-state index in [2.05, 4.69) is 55.2 Å². The largest absolute Gasteiger partial charge is 0.370 e. The minimum Gasteiger partial charge on any atom is -0.370 e. The molecule has 0 radical (unpaired) electrons. The summed E-state index contributed by atoms with van der Waals surface area (Å²) < 4.78 is 0. The highest BCUT2D eigenvalue weighted by molar-refractivity contribution is 5.59. The SMILES string of the molecule is CCCNc1ncnc(NC2CCC(C)(C)C2)c1C(C)C. The summed E-state index contributed by atoms with van der Waals surface area (Å²) in [4.78, 5) is 8.96. The summed E-state index contributed by atoms with van der Waals surface area (Å²) in [6.07, 6.45) is 6.50. The van der Waals surface area contributed by atoms with Crippen LogP contribution in [0.2, 0.25) is 0 Å². The molecule has 1 saturated carbocycles. The van der Waals surface area contributed by atoms with E-state index in [9.17, 15) is 0 Å². The molecule has 0 aliphatic heterocycles. The fraction of sp³-hybridized carbons (Fsp3) is 0.765. The number of hydrogen-bond donors (Lipinski definition) is 2. The Morgan fingerprint density at radius 2 is 2.00 bits per heavy atom. The van der Waals surface area contributed by atoms with Crippen LogP contribution in [0.4, 0.5) is 11.6 Å². The van der Waals surface area contributed by atoms with E-state index in [-0.39, 0.29) is 0 Å². The smallest absolute Gasteiger partial charge is 0.135 e. The molecule has 2 rings (SSSR count). The molecule has 1 aromatic rings. The van der Waals surface area contributed by atoms with Crippen molar-refractivity contribution in [2.24, 2.45) is 5.41 Å². The van der Waals surface area contributed by atoms with Crippen LogP contribution in [0.5, 0.6) is 0 Å². The Bertz CT molecular complexity index is 468. The van der Waals surface area contributed by atoms with Crippen molar-refractivity contribution in [1.29, 1.82) is 0 Å². The number of aromatic nitrogens is 2. The van der Waals surface area contributed by atoms with Crippen molar-refractivity contribution in [3.63, 3.8) is 0 Å². The van der Waals surface area contributed by atoms with Gasteiger partial charge in [-0.05, 0) is 37.0 Å². The molecule has 1 fully saturated rings. The number of nitrogens with one attached hydrogen (secondary N) is 2. The molecule has 1 aromatic heterocycles. The van der Waals surface area contributed by atoms with Gasteiger partial charge >= 0.3 is 0 Å². The fourth-order valence-electron chi connectivity index (χ4n) is 3.19. The van der Waals surface area contributed by atoms with Crippen LogP contribution in [0.1, 0.15) is 71.8 Å². The topological polar surface area (TPSA) is 49.8 Å². The van der Waals surface area contributed by atoms with Crippen molar-refractivity contribution in [2.75, 3.05) is 17.2 Å². The van der Waals surface area contributed by atoms with Gasteiger partial charge in [-0.15, -0.1) is 0 Å². The molecule has 0 amide bonds. The molecule has 2 N–H and O–H groups in total. The summed E-state index contributed by atoms with van der Waals surface area (Å²) in [5, 5.41) is 7.11. The highest BCUT2D eigenvalue weighted by Gasteiger charge is 2.31. The molecule has 1 aliphatic carbocycles. The average Bonchev–Trinajstić information content (AvgIpc) is 2.75. The number of rotatable bonds is 6. The van der Waals surface area contributed by atoms with Gasteiger partial charge in [0.2, 0.25) is 0 Å².